The van der Waals surface area contributed by atoms with Crippen molar-refractivity contribution in [2.24, 2.45) is 0 Å². The molecule has 3 aromatic rings. The van der Waals surface area contributed by atoms with E-state index in [0.717, 1.165) is 32.7 Å². The van der Waals surface area contributed by atoms with Crippen LogP contribution in [0.4, 0.5) is 5.95 Å². The average molecular weight is 408 g/mol. The zero-order chi connectivity index (χ0) is 20.9. The minimum Gasteiger partial charge on any atom is -0.481 e. The number of aromatic nitrogens is 4. The van der Waals surface area contributed by atoms with E-state index in [1.165, 1.54) is 7.11 Å². The summed E-state index contributed by atoms with van der Waals surface area (Å²) in [5.74, 6) is 1.69. The Morgan fingerprint density at radius 3 is 2.63 bits per heavy atom. The molecule has 4 heterocycles. The summed E-state index contributed by atoms with van der Waals surface area (Å²) in [7, 11) is 3.06. The summed E-state index contributed by atoms with van der Waals surface area (Å²) in [5, 5.41) is 0. The highest BCUT2D eigenvalue weighted by molar-refractivity contribution is 5.77. The molecule has 9 heteroatoms. The van der Waals surface area contributed by atoms with Crippen molar-refractivity contribution in [3.05, 3.63) is 43.3 Å². The first kappa shape index (κ1) is 19.8. The van der Waals surface area contributed by atoms with Crippen LogP contribution in [0.5, 0.6) is 11.9 Å². The summed E-state index contributed by atoms with van der Waals surface area (Å²) >= 11 is 0. The topological polar surface area (TPSA) is 89.6 Å². The zero-order valence-corrected chi connectivity index (χ0v) is 17.1. The van der Waals surface area contributed by atoms with Crippen molar-refractivity contribution in [2.45, 2.75) is 0 Å². The summed E-state index contributed by atoms with van der Waals surface area (Å²) in [6.45, 7) is 8.28. The molecule has 0 saturated carbocycles. The zero-order valence-electron chi connectivity index (χ0n) is 17.1. The number of methoxy groups -OCH3 is 2. The van der Waals surface area contributed by atoms with Crippen LogP contribution in [0.2, 0.25) is 0 Å². The lowest BCUT2D eigenvalue weighted by Crippen LogP contribution is -2.46. The standard InChI is InChI=1S/C21H24N6O3/c1-4-7-26-8-10-27(11-9-26)20-22-14-15(19(25-20)17-6-5-12-30-17)16-13-18(28-2)24-21(23-16)29-3/h4-6,12-14H,1,7-11H2,2-3H3. The van der Waals surface area contributed by atoms with Gasteiger partial charge in [0, 0.05) is 50.6 Å². The first-order chi connectivity index (χ1) is 14.7. The molecule has 1 fully saturated rings. The van der Waals surface area contributed by atoms with Gasteiger partial charge in [0.1, 0.15) is 5.69 Å². The Balaban J connectivity index is 1.72. The summed E-state index contributed by atoms with van der Waals surface area (Å²) in [6, 6.07) is 5.63. The van der Waals surface area contributed by atoms with E-state index in [9.17, 15) is 0 Å². The van der Waals surface area contributed by atoms with E-state index >= 15 is 0 Å². The summed E-state index contributed by atoms with van der Waals surface area (Å²) in [4.78, 5) is 22.6. The Morgan fingerprint density at radius 2 is 1.97 bits per heavy atom. The molecular formula is C21H24N6O3. The molecule has 0 unspecified atom stereocenters. The van der Waals surface area contributed by atoms with Crippen molar-refractivity contribution in [3.8, 4) is 34.6 Å². The molecule has 1 aliphatic rings. The van der Waals surface area contributed by atoms with Gasteiger partial charge in [0.15, 0.2) is 5.76 Å². The molecule has 156 valence electrons. The molecule has 4 rings (SSSR count). The van der Waals surface area contributed by atoms with Gasteiger partial charge in [-0.15, -0.1) is 6.58 Å². The minimum atomic E-state index is 0.206. The highest BCUT2D eigenvalue weighted by Crippen LogP contribution is 2.33. The maximum atomic E-state index is 5.65. The van der Waals surface area contributed by atoms with Crippen molar-refractivity contribution < 1.29 is 13.9 Å². The van der Waals surface area contributed by atoms with E-state index in [1.54, 1.807) is 25.6 Å². The van der Waals surface area contributed by atoms with Crippen molar-refractivity contribution in [1.82, 2.24) is 24.8 Å². The smallest absolute Gasteiger partial charge is 0.320 e. The number of anilines is 1. The molecule has 3 aromatic heterocycles. The van der Waals surface area contributed by atoms with Crippen LogP contribution in [-0.2, 0) is 0 Å². The number of furan rings is 1. The van der Waals surface area contributed by atoms with Crippen LogP contribution in [0.3, 0.4) is 0 Å². The van der Waals surface area contributed by atoms with Gasteiger partial charge >= 0.3 is 6.01 Å². The van der Waals surface area contributed by atoms with Crippen molar-refractivity contribution in [3.63, 3.8) is 0 Å². The van der Waals surface area contributed by atoms with Gasteiger partial charge in [-0.05, 0) is 12.1 Å². The van der Waals surface area contributed by atoms with E-state index < -0.39 is 0 Å². The fourth-order valence-electron chi connectivity index (χ4n) is 3.36. The molecule has 0 bridgehead atoms. The number of ether oxygens (including phenoxy) is 2. The van der Waals surface area contributed by atoms with Gasteiger partial charge in [-0.2, -0.15) is 9.97 Å². The van der Waals surface area contributed by atoms with Gasteiger partial charge in [0.25, 0.3) is 0 Å². The lowest BCUT2D eigenvalue weighted by Gasteiger charge is -2.34. The SMILES string of the molecule is C=CCN1CCN(c2ncc(-c3cc(OC)nc(OC)n3)c(-c3ccco3)n2)CC1. The van der Waals surface area contributed by atoms with Crippen LogP contribution < -0.4 is 14.4 Å². The fourth-order valence-corrected chi connectivity index (χ4v) is 3.36. The van der Waals surface area contributed by atoms with Crippen LogP contribution >= 0.6 is 0 Å². The number of rotatable bonds is 7. The Labute approximate surface area is 175 Å². The third kappa shape index (κ3) is 4.11. The van der Waals surface area contributed by atoms with Crippen molar-refractivity contribution in [1.29, 1.82) is 0 Å². The molecule has 0 aliphatic carbocycles. The van der Waals surface area contributed by atoms with Crippen molar-refractivity contribution >= 4 is 5.95 Å². The molecule has 1 saturated heterocycles. The quantitative estimate of drug-likeness (QED) is 0.547. The summed E-state index contributed by atoms with van der Waals surface area (Å²) in [6.07, 6.45) is 5.31. The van der Waals surface area contributed by atoms with Gasteiger partial charge in [-0.3, -0.25) is 4.90 Å². The van der Waals surface area contributed by atoms with E-state index in [1.807, 2.05) is 18.2 Å². The second kappa shape index (κ2) is 8.91. The van der Waals surface area contributed by atoms with E-state index in [2.05, 4.69) is 31.3 Å². The van der Waals surface area contributed by atoms with Gasteiger partial charge in [-0.1, -0.05) is 6.08 Å². The van der Waals surface area contributed by atoms with E-state index in [0.29, 0.717) is 34.5 Å². The second-order valence-electron chi connectivity index (χ2n) is 6.77. The van der Waals surface area contributed by atoms with Gasteiger partial charge in [0.05, 0.1) is 26.2 Å². The van der Waals surface area contributed by atoms with Crippen molar-refractivity contribution in [2.75, 3.05) is 51.8 Å². The Morgan fingerprint density at radius 1 is 1.13 bits per heavy atom. The van der Waals surface area contributed by atoms with Gasteiger partial charge in [-0.25, -0.2) is 9.97 Å². The van der Waals surface area contributed by atoms with Crippen LogP contribution in [0.25, 0.3) is 22.7 Å². The predicted molar refractivity (Wildman–Crippen MR) is 113 cm³/mol. The molecule has 0 spiro atoms. The third-order valence-corrected chi connectivity index (χ3v) is 4.92. The predicted octanol–water partition coefficient (Wildman–Crippen LogP) is 2.52. The highest BCUT2D eigenvalue weighted by Gasteiger charge is 2.22. The molecule has 0 radical (unpaired) electrons. The maximum Gasteiger partial charge on any atom is 0.320 e. The first-order valence-corrected chi connectivity index (χ1v) is 9.68. The molecule has 30 heavy (non-hydrogen) atoms. The molecular weight excluding hydrogens is 384 g/mol. The largest absolute Gasteiger partial charge is 0.481 e. The molecule has 1 aliphatic heterocycles. The number of hydrogen-bond donors (Lipinski definition) is 0. The molecule has 0 amide bonds. The average Bonchev–Trinajstić information content (AvgIpc) is 3.34. The Hall–Kier alpha value is -3.46. The lowest BCUT2D eigenvalue weighted by atomic mass is 10.1. The molecule has 0 atom stereocenters. The number of nitrogens with zero attached hydrogens (tertiary/aromatic N) is 6. The number of hydrogen-bond acceptors (Lipinski definition) is 9. The number of piperazine rings is 1. The second-order valence-corrected chi connectivity index (χ2v) is 6.77. The normalized spacial score (nSPS) is 14.5. The van der Waals surface area contributed by atoms with Crippen LogP contribution in [-0.4, -0.2) is 71.8 Å². The monoisotopic (exact) mass is 408 g/mol. The molecule has 0 aromatic carbocycles. The van der Waals surface area contributed by atoms with Gasteiger partial charge < -0.3 is 18.8 Å². The van der Waals surface area contributed by atoms with E-state index in [-0.39, 0.29) is 6.01 Å². The molecule has 9 nitrogen and oxygen atoms in total. The fraction of sp³-hybridized carbons (Fsp3) is 0.333. The van der Waals surface area contributed by atoms with Gasteiger partial charge in [0.2, 0.25) is 11.8 Å². The molecule has 0 N–H and O–H groups in total. The summed E-state index contributed by atoms with van der Waals surface area (Å²) < 4.78 is 16.1. The first-order valence-electron chi connectivity index (χ1n) is 9.68. The Kier molecular flexibility index (Phi) is 5.89. The van der Waals surface area contributed by atoms with Crippen LogP contribution in [0.15, 0.2) is 47.7 Å². The lowest BCUT2D eigenvalue weighted by molar-refractivity contribution is 0.283. The highest BCUT2D eigenvalue weighted by atomic mass is 16.5. The Bertz CT molecular complexity index is 978. The summed E-state index contributed by atoms with van der Waals surface area (Å²) in [5.41, 5.74) is 1.95. The van der Waals surface area contributed by atoms with Crippen LogP contribution in [0, 0.1) is 0 Å². The van der Waals surface area contributed by atoms with E-state index in [4.69, 9.17) is 18.9 Å². The third-order valence-electron chi connectivity index (χ3n) is 4.92. The van der Waals surface area contributed by atoms with Crippen LogP contribution in [0.1, 0.15) is 0 Å². The minimum absolute atomic E-state index is 0.206. The maximum absolute atomic E-state index is 5.65.